The van der Waals surface area contributed by atoms with Gasteiger partial charge < -0.3 is 4.42 Å². The maximum atomic E-state index is 5.98. The lowest BCUT2D eigenvalue weighted by Gasteiger charge is -2.06. The van der Waals surface area contributed by atoms with Crippen LogP contribution in [0.2, 0.25) is 5.02 Å². The minimum Gasteiger partial charge on any atom is -0.416 e. The fourth-order valence-electron chi connectivity index (χ4n) is 2.04. The fraction of sp³-hybridized carbons (Fsp3) is 0.250. The van der Waals surface area contributed by atoms with Crippen molar-refractivity contribution in [2.75, 3.05) is 0 Å². The molecule has 2 aromatic heterocycles. The monoisotopic (exact) mass is 314 g/mol. The normalized spacial score (nSPS) is 11.1. The molecule has 0 aliphatic heterocycles. The number of nitrogens with zero attached hydrogens (tertiary/aromatic N) is 4. The van der Waals surface area contributed by atoms with Gasteiger partial charge in [0.2, 0.25) is 5.89 Å². The van der Waals surface area contributed by atoms with Crippen LogP contribution in [0.3, 0.4) is 0 Å². The molecule has 5 nitrogen and oxygen atoms in total. The molecule has 0 spiro atoms. The Morgan fingerprint density at radius 3 is 2.59 bits per heavy atom. The van der Waals surface area contributed by atoms with Crippen molar-refractivity contribution in [2.45, 2.75) is 26.7 Å². The second kappa shape index (κ2) is 5.85. The third kappa shape index (κ3) is 2.85. The summed E-state index contributed by atoms with van der Waals surface area (Å²) in [7, 11) is 0. The lowest BCUT2D eigenvalue weighted by atomic mass is 10.2. The van der Waals surface area contributed by atoms with Crippen molar-refractivity contribution in [3.63, 3.8) is 0 Å². The van der Waals surface area contributed by atoms with Gasteiger partial charge in [0.1, 0.15) is 5.82 Å². The first-order chi connectivity index (χ1) is 10.5. The standard InChI is InChI=1S/C16H15ClN4O/c1-9(2)14-18-8-13(10(3)19-14)16-21-20-15(22-16)11-5-4-6-12(17)7-11/h4-9H,1-3H3. The molecule has 0 aliphatic rings. The van der Waals surface area contributed by atoms with Crippen molar-refractivity contribution in [2.24, 2.45) is 0 Å². The number of halogens is 1. The molecule has 0 saturated carbocycles. The highest BCUT2D eigenvalue weighted by Gasteiger charge is 2.15. The Kier molecular flexibility index (Phi) is 3.90. The van der Waals surface area contributed by atoms with Gasteiger partial charge in [-0.2, -0.15) is 0 Å². The van der Waals surface area contributed by atoms with E-state index in [0.717, 1.165) is 22.6 Å². The van der Waals surface area contributed by atoms with E-state index in [0.29, 0.717) is 16.8 Å². The van der Waals surface area contributed by atoms with Crippen molar-refractivity contribution in [1.82, 2.24) is 20.2 Å². The molecule has 6 heteroatoms. The van der Waals surface area contributed by atoms with Crippen LogP contribution in [0.4, 0.5) is 0 Å². The second-order valence-electron chi connectivity index (χ2n) is 5.30. The van der Waals surface area contributed by atoms with Crippen LogP contribution in [-0.2, 0) is 0 Å². The molecule has 0 fully saturated rings. The summed E-state index contributed by atoms with van der Waals surface area (Å²) in [4.78, 5) is 8.84. The van der Waals surface area contributed by atoms with Gasteiger partial charge >= 0.3 is 0 Å². The Morgan fingerprint density at radius 1 is 1.14 bits per heavy atom. The highest BCUT2D eigenvalue weighted by atomic mass is 35.5. The maximum absolute atomic E-state index is 5.98. The zero-order valence-corrected chi connectivity index (χ0v) is 13.3. The van der Waals surface area contributed by atoms with Crippen LogP contribution >= 0.6 is 11.6 Å². The summed E-state index contributed by atoms with van der Waals surface area (Å²) in [6, 6.07) is 7.29. The van der Waals surface area contributed by atoms with E-state index in [1.807, 2.05) is 19.1 Å². The smallest absolute Gasteiger partial charge is 0.251 e. The summed E-state index contributed by atoms with van der Waals surface area (Å²) in [5.74, 6) is 1.90. The summed E-state index contributed by atoms with van der Waals surface area (Å²) in [5, 5.41) is 8.78. The Balaban J connectivity index is 1.97. The third-order valence-electron chi connectivity index (χ3n) is 3.24. The average molecular weight is 315 g/mol. The van der Waals surface area contributed by atoms with Crippen molar-refractivity contribution in [3.8, 4) is 22.9 Å². The topological polar surface area (TPSA) is 64.7 Å². The first-order valence-electron chi connectivity index (χ1n) is 6.98. The second-order valence-corrected chi connectivity index (χ2v) is 5.74. The number of hydrogen-bond donors (Lipinski definition) is 0. The SMILES string of the molecule is Cc1nc(C(C)C)ncc1-c1nnc(-c2cccc(Cl)c2)o1. The molecular formula is C16H15ClN4O. The molecule has 0 unspecified atom stereocenters. The van der Waals surface area contributed by atoms with Gasteiger partial charge in [0.25, 0.3) is 5.89 Å². The van der Waals surface area contributed by atoms with Crippen molar-refractivity contribution >= 4 is 11.6 Å². The van der Waals surface area contributed by atoms with Gasteiger partial charge in [0, 0.05) is 22.7 Å². The van der Waals surface area contributed by atoms with Crippen molar-refractivity contribution < 1.29 is 4.42 Å². The molecule has 0 bridgehead atoms. The minimum atomic E-state index is 0.275. The van der Waals surface area contributed by atoms with E-state index in [1.165, 1.54) is 0 Å². The molecule has 3 rings (SSSR count). The van der Waals surface area contributed by atoms with E-state index in [9.17, 15) is 0 Å². The Labute approximate surface area is 133 Å². The van der Waals surface area contributed by atoms with Gasteiger partial charge in [0.15, 0.2) is 0 Å². The third-order valence-corrected chi connectivity index (χ3v) is 3.48. The molecule has 0 amide bonds. The molecule has 0 aliphatic carbocycles. The summed E-state index contributed by atoms with van der Waals surface area (Å²) < 4.78 is 5.73. The van der Waals surface area contributed by atoms with Gasteiger partial charge in [-0.3, -0.25) is 0 Å². The van der Waals surface area contributed by atoms with Crippen LogP contribution in [0, 0.1) is 6.92 Å². The summed E-state index contributed by atoms with van der Waals surface area (Å²) in [5.41, 5.74) is 2.34. The van der Waals surface area contributed by atoms with E-state index >= 15 is 0 Å². The molecule has 0 radical (unpaired) electrons. The van der Waals surface area contributed by atoms with Crippen molar-refractivity contribution in [1.29, 1.82) is 0 Å². The fourth-order valence-corrected chi connectivity index (χ4v) is 2.23. The van der Waals surface area contributed by atoms with E-state index in [1.54, 1.807) is 18.3 Å². The molecule has 0 atom stereocenters. The number of benzene rings is 1. The summed E-state index contributed by atoms with van der Waals surface area (Å²) >= 11 is 5.98. The predicted molar refractivity (Wildman–Crippen MR) is 84.6 cm³/mol. The Bertz CT molecular complexity index is 813. The molecule has 0 N–H and O–H groups in total. The highest BCUT2D eigenvalue weighted by molar-refractivity contribution is 6.30. The summed E-state index contributed by atoms with van der Waals surface area (Å²) in [6.45, 7) is 6.02. The molecule has 0 saturated heterocycles. The maximum Gasteiger partial charge on any atom is 0.251 e. The van der Waals surface area contributed by atoms with Crippen LogP contribution in [0.5, 0.6) is 0 Å². The van der Waals surface area contributed by atoms with Crippen molar-refractivity contribution in [3.05, 3.63) is 47.0 Å². The van der Waals surface area contributed by atoms with Crippen LogP contribution in [0.1, 0.15) is 31.3 Å². The number of rotatable bonds is 3. The largest absolute Gasteiger partial charge is 0.416 e. The van der Waals surface area contributed by atoms with E-state index < -0.39 is 0 Å². The van der Waals surface area contributed by atoms with Gasteiger partial charge in [-0.1, -0.05) is 31.5 Å². The Morgan fingerprint density at radius 2 is 1.91 bits per heavy atom. The number of aryl methyl sites for hydroxylation is 1. The quantitative estimate of drug-likeness (QED) is 0.722. The van der Waals surface area contributed by atoms with Crippen LogP contribution in [0.15, 0.2) is 34.9 Å². The molecule has 1 aromatic carbocycles. The van der Waals surface area contributed by atoms with Crippen LogP contribution in [-0.4, -0.2) is 20.2 Å². The zero-order chi connectivity index (χ0) is 15.7. The molecule has 2 heterocycles. The van der Waals surface area contributed by atoms with E-state index in [4.69, 9.17) is 16.0 Å². The van der Waals surface area contributed by atoms with Gasteiger partial charge in [-0.15, -0.1) is 10.2 Å². The molecular weight excluding hydrogens is 300 g/mol. The number of hydrogen-bond acceptors (Lipinski definition) is 5. The Hall–Kier alpha value is -2.27. The van der Waals surface area contributed by atoms with E-state index in [-0.39, 0.29) is 5.92 Å². The average Bonchev–Trinajstić information content (AvgIpc) is 2.96. The van der Waals surface area contributed by atoms with E-state index in [2.05, 4.69) is 34.0 Å². The van der Waals surface area contributed by atoms with Crippen LogP contribution in [0.25, 0.3) is 22.9 Å². The molecule has 112 valence electrons. The van der Waals surface area contributed by atoms with Crippen LogP contribution < -0.4 is 0 Å². The predicted octanol–water partition coefficient (Wildman–Crippen LogP) is 4.28. The molecule has 3 aromatic rings. The minimum absolute atomic E-state index is 0.275. The number of aromatic nitrogens is 4. The molecule has 22 heavy (non-hydrogen) atoms. The van der Waals surface area contributed by atoms with Gasteiger partial charge in [0.05, 0.1) is 11.3 Å². The lowest BCUT2D eigenvalue weighted by Crippen LogP contribution is -2.00. The van der Waals surface area contributed by atoms with Gasteiger partial charge in [-0.05, 0) is 25.1 Å². The first-order valence-corrected chi connectivity index (χ1v) is 7.35. The zero-order valence-electron chi connectivity index (χ0n) is 12.5. The lowest BCUT2D eigenvalue weighted by molar-refractivity contribution is 0.582. The first kappa shape index (κ1) is 14.7. The highest BCUT2D eigenvalue weighted by Crippen LogP contribution is 2.27. The summed E-state index contributed by atoms with van der Waals surface area (Å²) in [6.07, 6.45) is 1.73. The van der Waals surface area contributed by atoms with Gasteiger partial charge in [-0.25, -0.2) is 9.97 Å².